The molecule has 1 aliphatic rings. The molecule has 1 atom stereocenters. The van der Waals surface area contributed by atoms with Gasteiger partial charge in [0.25, 0.3) is 5.91 Å². The van der Waals surface area contributed by atoms with E-state index in [4.69, 9.17) is 9.63 Å². The Kier molecular flexibility index (Phi) is 3.59. The minimum atomic E-state index is -0.891. The van der Waals surface area contributed by atoms with Crippen LogP contribution in [0.25, 0.3) is 0 Å². The maximum absolute atomic E-state index is 12.5. The number of nitrogens with zero attached hydrogens (tertiary/aromatic N) is 2. The van der Waals surface area contributed by atoms with Gasteiger partial charge in [-0.2, -0.15) is 0 Å². The molecular weight excluding hydrogens is 248 g/mol. The van der Waals surface area contributed by atoms with Crippen molar-refractivity contribution in [2.45, 2.75) is 39.7 Å². The first-order valence-corrected chi connectivity index (χ1v) is 6.38. The Balaban J connectivity index is 2.20. The number of hydrogen-bond donors (Lipinski definition) is 1. The molecule has 0 radical (unpaired) electrons. The number of hydrogen-bond acceptors (Lipinski definition) is 4. The van der Waals surface area contributed by atoms with E-state index in [-0.39, 0.29) is 18.5 Å². The van der Waals surface area contributed by atoms with Crippen molar-refractivity contribution >= 4 is 11.9 Å². The van der Waals surface area contributed by atoms with Crippen LogP contribution in [0.1, 0.15) is 41.6 Å². The number of amides is 1. The van der Waals surface area contributed by atoms with E-state index < -0.39 is 11.9 Å². The molecule has 1 N–H and O–H groups in total. The Morgan fingerprint density at radius 3 is 2.53 bits per heavy atom. The number of rotatable bonds is 5. The fourth-order valence-electron chi connectivity index (χ4n) is 2.09. The van der Waals surface area contributed by atoms with Crippen LogP contribution in [0.15, 0.2) is 4.52 Å². The number of carboxylic acid groups (broad SMARTS) is 1. The van der Waals surface area contributed by atoms with Crippen molar-refractivity contribution in [3.63, 3.8) is 0 Å². The van der Waals surface area contributed by atoms with Gasteiger partial charge in [0, 0.05) is 12.6 Å². The van der Waals surface area contributed by atoms with E-state index in [0.717, 1.165) is 12.8 Å². The zero-order valence-electron chi connectivity index (χ0n) is 11.3. The van der Waals surface area contributed by atoms with E-state index in [1.807, 2.05) is 0 Å². The van der Waals surface area contributed by atoms with Gasteiger partial charge >= 0.3 is 5.97 Å². The zero-order chi connectivity index (χ0) is 14.2. The van der Waals surface area contributed by atoms with Gasteiger partial charge in [0.15, 0.2) is 0 Å². The number of carboxylic acids is 1. The molecule has 104 valence electrons. The van der Waals surface area contributed by atoms with Gasteiger partial charge in [0.2, 0.25) is 0 Å². The second-order valence-corrected chi connectivity index (χ2v) is 5.13. The smallest absolute Gasteiger partial charge is 0.308 e. The molecule has 1 amide bonds. The van der Waals surface area contributed by atoms with Crippen LogP contribution >= 0.6 is 0 Å². The van der Waals surface area contributed by atoms with Gasteiger partial charge in [-0.25, -0.2) is 0 Å². The lowest BCUT2D eigenvalue weighted by atomic mass is 10.1. The van der Waals surface area contributed by atoms with E-state index in [1.54, 1.807) is 25.7 Å². The largest absolute Gasteiger partial charge is 0.481 e. The highest BCUT2D eigenvalue weighted by Gasteiger charge is 2.36. The van der Waals surface area contributed by atoms with E-state index in [2.05, 4.69) is 5.16 Å². The summed E-state index contributed by atoms with van der Waals surface area (Å²) in [5, 5.41) is 12.8. The second-order valence-electron chi connectivity index (χ2n) is 5.13. The number of aliphatic carboxylic acids is 1. The summed E-state index contributed by atoms with van der Waals surface area (Å²) in [4.78, 5) is 25.1. The summed E-state index contributed by atoms with van der Waals surface area (Å²) in [7, 11) is 0. The molecular formula is C13H18N2O4. The van der Waals surface area contributed by atoms with Crippen LogP contribution in [0.5, 0.6) is 0 Å². The molecule has 6 heteroatoms. The van der Waals surface area contributed by atoms with Crippen LogP contribution in [-0.2, 0) is 4.79 Å². The van der Waals surface area contributed by atoms with Crippen molar-refractivity contribution in [1.29, 1.82) is 0 Å². The van der Waals surface area contributed by atoms with Crippen molar-refractivity contribution in [1.82, 2.24) is 10.1 Å². The lowest BCUT2D eigenvalue weighted by Crippen LogP contribution is -2.39. The third-order valence-electron chi connectivity index (χ3n) is 3.39. The molecule has 0 spiro atoms. The predicted octanol–water partition coefficient (Wildman–Crippen LogP) is 1.62. The van der Waals surface area contributed by atoms with E-state index >= 15 is 0 Å². The number of carbonyl (C=O) groups excluding carboxylic acids is 1. The van der Waals surface area contributed by atoms with Gasteiger partial charge in [0.1, 0.15) is 11.3 Å². The Morgan fingerprint density at radius 2 is 2.11 bits per heavy atom. The van der Waals surface area contributed by atoms with Crippen molar-refractivity contribution < 1.29 is 19.2 Å². The highest BCUT2D eigenvalue weighted by Crippen LogP contribution is 2.30. The van der Waals surface area contributed by atoms with Crippen molar-refractivity contribution in [3.8, 4) is 0 Å². The fourth-order valence-corrected chi connectivity index (χ4v) is 2.09. The molecule has 1 aliphatic carbocycles. The molecule has 1 fully saturated rings. The Morgan fingerprint density at radius 1 is 1.47 bits per heavy atom. The predicted molar refractivity (Wildman–Crippen MR) is 66.8 cm³/mol. The monoisotopic (exact) mass is 266 g/mol. The minimum absolute atomic E-state index is 0.156. The average Bonchev–Trinajstić information content (AvgIpc) is 3.12. The van der Waals surface area contributed by atoms with E-state index in [9.17, 15) is 9.59 Å². The van der Waals surface area contributed by atoms with Crippen LogP contribution < -0.4 is 0 Å². The molecule has 2 rings (SSSR count). The summed E-state index contributed by atoms with van der Waals surface area (Å²) in [5.74, 6) is -1.16. The lowest BCUT2D eigenvalue weighted by molar-refractivity contribution is -0.141. The number of carbonyl (C=O) groups is 2. The molecule has 0 bridgehead atoms. The summed E-state index contributed by atoms with van der Waals surface area (Å²) < 4.78 is 5.01. The first-order valence-electron chi connectivity index (χ1n) is 6.38. The average molecular weight is 266 g/mol. The zero-order valence-corrected chi connectivity index (χ0v) is 11.3. The molecule has 1 saturated carbocycles. The molecule has 6 nitrogen and oxygen atoms in total. The Labute approximate surface area is 111 Å². The molecule has 0 aliphatic heterocycles. The molecule has 0 saturated heterocycles. The van der Waals surface area contributed by atoms with Crippen LogP contribution in [-0.4, -0.2) is 39.6 Å². The van der Waals surface area contributed by atoms with Crippen molar-refractivity contribution in [2.75, 3.05) is 6.54 Å². The third-order valence-corrected chi connectivity index (χ3v) is 3.39. The topological polar surface area (TPSA) is 83.6 Å². The summed E-state index contributed by atoms with van der Waals surface area (Å²) in [5.41, 5.74) is 1.01. The van der Waals surface area contributed by atoms with Gasteiger partial charge < -0.3 is 14.5 Å². The summed E-state index contributed by atoms with van der Waals surface area (Å²) in [6, 6.07) is 0.156. The maximum Gasteiger partial charge on any atom is 0.308 e. The lowest BCUT2D eigenvalue weighted by Gasteiger charge is -2.24. The summed E-state index contributed by atoms with van der Waals surface area (Å²) in [6.07, 6.45) is 1.86. The summed E-state index contributed by atoms with van der Waals surface area (Å²) in [6.45, 7) is 5.25. The van der Waals surface area contributed by atoms with Gasteiger partial charge in [-0.1, -0.05) is 12.1 Å². The van der Waals surface area contributed by atoms with Crippen molar-refractivity contribution in [2.24, 2.45) is 5.92 Å². The van der Waals surface area contributed by atoms with Gasteiger partial charge in [-0.3, -0.25) is 9.59 Å². The Hall–Kier alpha value is -1.85. The number of aryl methyl sites for hydroxylation is 2. The molecule has 1 heterocycles. The molecule has 0 aromatic carbocycles. The molecule has 19 heavy (non-hydrogen) atoms. The van der Waals surface area contributed by atoms with Crippen LogP contribution in [0.3, 0.4) is 0 Å². The SMILES string of the molecule is Cc1noc(C)c1C(=O)N(CC(C)C(=O)O)C1CC1. The fraction of sp³-hybridized carbons (Fsp3) is 0.615. The highest BCUT2D eigenvalue weighted by molar-refractivity contribution is 5.96. The summed E-state index contributed by atoms with van der Waals surface area (Å²) >= 11 is 0. The number of aromatic nitrogens is 1. The van der Waals surface area contributed by atoms with Gasteiger partial charge in [-0.15, -0.1) is 0 Å². The third kappa shape index (κ3) is 2.77. The standard InChI is InChI=1S/C13H18N2O4/c1-7(13(17)18)6-15(10-4-5-10)12(16)11-8(2)14-19-9(11)3/h7,10H,4-6H2,1-3H3,(H,17,18). The first kappa shape index (κ1) is 13.6. The van der Waals surface area contributed by atoms with Crippen LogP contribution in [0.4, 0.5) is 0 Å². The Bertz CT molecular complexity index is 485. The first-order chi connectivity index (χ1) is 8.91. The normalized spacial score (nSPS) is 16.2. The van der Waals surface area contributed by atoms with E-state index in [1.165, 1.54) is 0 Å². The highest BCUT2D eigenvalue weighted by atomic mass is 16.5. The van der Waals surface area contributed by atoms with Gasteiger partial charge in [0.05, 0.1) is 11.6 Å². The van der Waals surface area contributed by atoms with Gasteiger partial charge in [-0.05, 0) is 26.7 Å². The van der Waals surface area contributed by atoms with Crippen LogP contribution in [0.2, 0.25) is 0 Å². The molecule has 1 unspecified atom stereocenters. The second kappa shape index (κ2) is 5.03. The molecule has 1 aromatic heterocycles. The minimum Gasteiger partial charge on any atom is -0.481 e. The van der Waals surface area contributed by atoms with Crippen LogP contribution in [0, 0.1) is 19.8 Å². The quantitative estimate of drug-likeness (QED) is 0.875. The van der Waals surface area contributed by atoms with E-state index in [0.29, 0.717) is 17.0 Å². The molecule has 1 aromatic rings. The maximum atomic E-state index is 12.5. The van der Waals surface area contributed by atoms with Crippen molar-refractivity contribution in [3.05, 3.63) is 17.0 Å².